The predicted octanol–water partition coefficient (Wildman–Crippen LogP) is 4.21. The molecule has 2 aromatic rings. The molecule has 1 heterocycles. The summed E-state index contributed by atoms with van der Waals surface area (Å²) in [5.74, 6) is -0.192. The van der Waals surface area contributed by atoms with Crippen LogP contribution in [0.25, 0.3) is 0 Å². The summed E-state index contributed by atoms with van der Waals surface area (Å²) in [6.45, 7) is 5.03. The van der Waals surface area contributed by atoms with Crippen molar-refractivity contribution in [1.82, 2.24) is 9.80 Å². The molecule has 0 aromatic heterocycles. The third kappa shape index (κ3) is 6.69. The highest BCUT2D eigenvalue weighted by Gasteiger charge is 2.33. The first-order valence-corrected chi connectivity index (χ1v) is 13.1. The number of anilines is 1. The number of rotatable bonds is 5. The normalized spacial score (nSPS) is 22.6. The zero-order valence-corrected chi connectivity index (χ0v) is 22.4. The summed E-state index contributed by atoms with van der Waals surface area (Å²) >= 11 is 0. The fraction of sp³-hybridized carbons (Fsp3) is 0.483. The Hall–Kier alpha value is -3.46. The molecule has 0 bridgehead atoms. The number of benzene rings is 2. The van der Waals surface area contributed by atoms with Gasteiger partial charge in [0.05, 0.1) is 17.7 Å². The van der Waals surface area contributed by atoms with Gasteiger partial charge >= 0.3 is 0 Å². The molecule has 38 heavy (non-hydrogen) atoms. The van der Waals surface area contributed by atoms with Crippen LogP contribution in [0, 0.1) is 17.7 Å². The van der Waals surface area contributed by atoms with Crippen molar-refractivity contribution >= 4 is 23.4 Å². The largest absolute Gasteiger partial charge is 0.491 e. The SMILES string of the molecule is CO[C@H]1CN(C)C(=O)c2cc(NC(=O)c3ccc(F)cc3)ccc2OC[C@@H](C)N(C(=O)CC2CC2)C[C@@H]1C. The van der Waals surface area contributed by atoms with Crippen molar-refractivity contribution in [2.24, 2.45) is 11.8 Å². The maximum Gasteiger partial charge on any atom is 0.257 e. The first-order chi connectivity index (χ1) is 18.2. The molecular formula is C29H36FN3O5. The Bertz CT molecular complexity index is 1170. The number of hydrogen-bond acceptors (Lipinski definition) is 5. The number of likely N-dealkylation sites (N-methyl/N-ethyl adjacent to an activating group) is 1. The summed E-state index contributed by atoms with van der Waals surface area (Å²) in [5.41, 5.74) is 0.984. The standard InChI is InChI=1S/C29H36FN3O5/c1-18-15-33(27(34)13-20-5-6-20)19(2)17-38-25-12-11-23(31-28(35)21-7-9-22(30)10-8-21)14-24(25)29(36)32(3)16-26(18)37-4/h7-12,14,18-20,26H,5-6,13,15-17H2,1-4H3,(H,31,35)/t18-,19+,26-/m0/s1. The van der Waals surface area contributed by atoms with Gasteiger partial charge in [-0.25, -0.2) is 4.39 Å². The third-order valence-corrected chi connectivity index (χ3v) is 7.29. The number of fused-ring (bicyclic) bond motifs is 1. The monoisotopic (exact) mass is 525 g/mol. The predicted molar refractivity (Wildman–Crippen MR) is 142 cm³/mol. The molecule has 1 N–H and O–H groups in total. The lowest BCUT2D eigenvalue weighted by atomic mass is 10.0. The summed E-state index contributed by atoms with van der Waals surface area (Å²) in [6, 6.07) is 9.88. The van der Waals surface area contributed by atoms with Gasteiger partial charge < -0.3 is 24.6 Å². The van der Waals surface area contributed by atoms with Crippen LogP contribution in [-0.4, -0.2) is 73.5 Å². The first-order valence-electron chi connectivity index (χ1n) is 13.1. The molecule has 0 radical (unpaired) electrons. The van der Waals surface area contributed by atoms with Gasteiger partial charge in [0, 0.05) is 50.8 Å². The zero-order valence-electron chi connectivity index (χ0n) is 22.4. The van der Waals surface area contributed by atoms with Crippen LogP contribution in [0.3, 0.4) is 0 Å². The van der Waals surface area contributed by atoms with Crippen molar-refractivity contribution in [3.63, 3.8) is 0 Å². The van der Waals surface area contributed by atoms with Crippen molar-refractivity contribution in [2.45, 2.75) is 45.3 Å². The number of carbonyl (C=O) groups excluding carboxylic acids is 3. The van der Waals surface area contributed by atoms with Crippen LogP contribution in [-0.2, 0) is 9.53 Å². The van der Waals surface area contributed by atoms with Gasteiger partial charge in [0.15, 0.2) is 0 Å². The Morgan fingerprint density at radius 1 is 1.11 bits per heavy atom. The van der Waals surface area contributed by atoms with Crippen LogP contribution >= 0.6 is 0 Å². The molecule has 3 amide bonds. The highest BCUT2D eigenvalue weighted by molar-refractivity contribution is 6.05. The second-order valence-electron chi connectivity index (χ2n) is 10.5. The quantitative estimate of drug-likeness (QED) is 0.632. The number of halogens is 1. The Balaban J connectivity index is 1.61. The molecule has 0 saturated heterocycles. The van der Waals surface area contributed by atoms with E-state index in [9.17, 15) is 18.8 Å². The maximum atomic E-state index is 13.5. The summed E-state index contributed by atoms with van der Waals surface area (Å²) in [7, 11) is 3.31. The van der Waals surface area contributed by atoms with E-state index in [4.69, 9.17) is 9.47 Å². The van der Waals surface area contributed by atoms with Gasteiger partial charge in [-0.2, -0.15) is 0 Å². The zero-order chi connectivity index (χ0) is 27.4. The number of methoxy groups -OCH3 is 1. The van der Waals surface area contributed by atoms with Crippen molar-refractivity contribution < 1.29 is 28.2 Å². The van der Waals surface area contributed by atoms with Crippen LogP contribution in [0.15, 0.2) is 42.5 Å². The van der Waals surface area contributed by atoms with Gasteiger partial charge in [-0.3, -0.25) is 14.4 Å². The number of hydrogen-bond donors (Lipinski definition) is 1. The van der Waals surface area contributed by atoms with Gasteiger partial charge in [-0.1, -0.05) is 6.92 Å². The molecule has 3 atom stereocenters. The average Bonchev–Trinajstić information content (AvgIpc) is 3.72. The van der Waals surface area contributed by atoms with Crippen LogP contribution in [0.5, 0.6) is 5.75 Å². The molecule has 0 spiro atoms. The number of carbonyl (C=O) groups is 3. The van der Waals surface area contributed by atoms with Crippen LogP contribution in [0.1, 0.15) is 53.8 Å². The Kier molecular flexibility index (Phi) is 8.66. The maximum absolute atomic E-state index is 13.5. The van der Waals surface area contributed by atoms with Crippen molar-refractivity contribution in [2.75, 3.05) is 39.2 Å². The summed E-state index contributed by atoms with van der Waals surface area (Å²) in [4.78, 5) is 42.8. The van der Waals surface area contributed by atoms with E-state index in [2.05, 4.69) is 5.32 Å². The second-order valence-corrected chi connectivity index (χ2v) is 10.5. The van der Waals surface area contributed by atoms with E-state index in [0.29, 0.717) is 42.4 Å². The molecule has 204 valence electrons. The van der Waals surface area contributed by atoms with E-state index < -0.39 is 11.7 Å². The average molecular weight is 526 g/mol. The van der Waals surface area contributed by atoms with Gasteiger partial charge in [0.2, 0.25) is 5.91 Å². The fourth-order valence-electron chi connectivity index (χ4n) is 4.69. The molecule has 1 aliphatic carbocycles. The smallest absolute Gasteiger partial charge is 0.257 e. The molecule has 0 unspecified atom stereocenters. The number of ether oxygens (including phenoxy) is 2. The van der Waals surface area contributed by atoms with Crippen molar-refractivity contribution in [1.29, 1.82) is 0 Å². The highest BCUT2D eigenvalue weighted by Crippen LogP contribution is 2.33. The molecule has 1 saturated carbocycles. The first kappa shape index (κ1) is 27.6. The summed E-state index contributed by atoms with van der Waals surface area (Å²) in [6.07, 6.45) is 2.46. The van der Waals surface area contributed by atoms with Gasteiger partial charge in [0.25, 0.3) is 11.8 Å². The molecule has 9 heteroatoms. The molecule has 4 rings (SSSR count). The van der Waals surface area contributed by atoms with E-state index in [0.717, 1.165) is 12.8 Å². The molecular weight excluding hydrogens is 489 g/mol. The van der Waals surface area contributed by atoms with Gasteiger partial charge in [-0.15, -0.1) is 0 Å². The van der Waals surface area contributed by atoms with Gasteiger partial charge in [-0.05, 0) is 68.1 Å². The van der Waals surface area contributed by atoms with Crippen molar-refractivity contribution in [3.8, 4) is 5.75 Å². The lowest BCUT2D eigenvalue weighted by molar-refractivity contribution is -0.135. The molecule has 1 aliphatic heterocycles. The molecule has 1 fully saturated rings. The number of nitrogens with one attached hydrogen (secondary N) is 1. The molecule has 2 aromatic carbocycles. The van der Waals surface area contributed by atoms with Crippen LogP contribution in [0.4, 0.5) is 10.1 Å². The minimum absolute atomic E-state index is 0.0129. The number of nitrogens with zero attached hydrogens (tertiary/aromatic N) is 2. The fourth-order valence-corrected chi connectivity index (χ4v) is 4.69. The van der Waals surface area contributed by atoms with E-state index in [-0.39, 0.29) is 42.0 Å². The van der Waals surface area contributed by atoms with Crippen LogP contribution < -0.4 is 10.1 Å². The topological polar surface area (TPSA) is 88.2 Å². The minimum atomic E-state index is -0.433. The highest BCUT2D eigenvalue weighted by atomic mass is 19.1. The Morgan fingerprint density at radius 3 is 2.47 bits per heavy atom. The van der Waals surface area contributed by atoms with E-state index in [1.165, 1.54) is 24.3 Å². The second kappa shape index (κ2) is 11.9. The molecule has 8 nitrogen and oxygen atoms in total. The van der Waals surface area contributed by atoms with Crippen molar-refractivity contribution in [3.05, 3.63) is 59.4 Å². The van der Waals surface area contributed by atoms with E-state index >= 15 is 0 Å². The van der Waals surface area contributed by atoms with Crippen LogP contribution in [0.2, 0.25) is 0 Å². The lowest BCUT2D eigenvalue weighted by Crippen LogP contribution is -2.48. The Morgan fingerprint density at radius 2 is 1.82 bits per heavy atom. The number of amides is 3. The summed E-state index contributed by atoms with van der Waals surface area (Å²) in [5, 5.41) is 2.77. The van der Waals surface area contributed by atoms with Gasteiger partial charge in [0.1, 0.15) is 18.2 Å². The molecule has 2 aliphatic rings. The summed E-state index contributed by atoms with van der Waals surface area (Å²) < 4.78 is 25.1. The third-order valence-electron chi connectivity index (χ3n) is 7.29. The minimum Gasteiger partial charge on any atom is -0.491 e. The van der Waals surface area contributed by atoms with E-state index in [1.54, 1.807) is 37.3 Å². The van der Waals surface area contributed by atoms with E-state index in [1.807, 2.05) is 18.7 Å². The lowest BCUT2D eigenvalue weighted by Gasteiger charge is -2.36. The Labute approximate surface area is 223 Å².